The van der Waals surface area contributed by atoms with Gasteiger partial charge in [0.1, 0.15) is 0 Å². The Hall–Kier alpha value is -3.78. The van der Waals surface area contributed by atoms with Crippen molar-refractivity contribution < 1.29 is 24.2 Å². The molecule has 0 spiro atoms. The number of esters is 1. The minimum atomic E-state index is -0.876. The molecule has 0 fully saturated rings. The van der Waals surface area contributed by atoms with E-state index in [0.717, 1.165) is 10.6 Å². The first-order valence-corrected chi connectivity index (χ1v) is 11.6. The Morgan fingerprint density at radius 1 is 1.12 bits per heavy atom. The predicted molar refractivity (Wildman–Crippen MR) is 129 cm³/mol. The molecule has 1 aliphatic rings. The van der Waals surface area contributed by atoms with Gasteiger partial charge in [0.15, 0.2) is 5.76 Å². The van der Waals surface area contributed by atoms with Crippen molar-refractivity contribution in [1.29, 1.82) is 0 Å². The van der Waals surface area contributed by atoms with E-state index in [-0.39, 0.29) is 17.7 Å². The molecule has 1 N–H and O–H groups in total. The number of amides is 1. The van der Waals surface area contributed by atoms with Crippen molar-refractivity contribution in [2.45, 2.75) is 33.7 Å². The van der Waals surface area contributed by atoms with Crippen molar-refractivity contribution >= 4 is 34.7 Å². The lowest BCUT2D eigenvalue weighted by Crippen LogP contribution is -2.31. The van der Waals surface area contributed by atoms with Crippen LogP contribution in [0, 0.1) is 20.8 Å². The van der Waals surface area contributed by atoms with E-state index in [9.17, 15) is 19.5 Å². The number of thiazole rings is 1. The lowest BCUT2D eigenvalue weighted by molar-refractivity contribution is -0.117. The fourth-order valence-electron chi connectivity index (χ4n) is 4.12. The summed E-state index contributed by atoms with van der Waals surface area (Å²) in [7, 11) is 0. The third-order valence-electron chi connectivity index (χ3n) is 5.56. The normalized spacial score (nSPS) is 15.7. The summed E-state index contributed by atoms with van der Waals surface area (Å²) in [5.74, 6) is -2.28. The number of aromatic nitrogens is 1. The first-order valence-electron chi connectivity index (χ1n) is 10.8. The summed E-state index contributed by atoms with van der Waals surface area (Å²) in [5, 5.41) is 11.7. The minimum Gasteiger partial charge on any atom is -0.503 e. The van der Waals surface area contributed by atoms with Crippen LogP contribution in [-0.2, 0) is 9.53 Å². The summed E-state index contributed by atoms with van der Waals surface area (Å²) in [6, 6.07) is 13.0. The van der Waals surface area contributed by atoms with Crippen LogP contribution in [0.5, 0.6) is 0 Å². The second-order valence-electron chi connectivity index (χ2n) is 8.00. The highest BCUT2D eigenvalue weighted by Crippen LogP contribution is 2.43. The van der Waals surface area contributed by atoms with Crippen LogP contribution in [-0.4, -0.2) is 34.4 Å². The van der Waals surface area contributed by atoms with Crippen LogP contribution >= 0.6 is 11.3 Å². The number of anilines is 1. The molecule has 7 nitrogen and oxygen atoms in total. The van der Waals surface area contributed by atoms with Gasteiger partial charge < -0.3 is 9.84 Å². The van der Waals surface area contributed by atoms with Gasteiger partial charge in [-0.15, -0.1) is 11.3 Å². The maximum atomic E-state index is 13.6. The first-order chi connectivity index (χ1) is 16.2. The van der Waals surface area contributed by atoms with Crippen molar-refractivity contribution in [2.24, 2.45) is 0 Å². The Morgan fingerprint density at radius 3 is 2.50 bits per heavy atom. The Kier molecular flexibility index (Phi) is 6.34. The zero-order valence-electron chi connectivity index (χ0n) is 19.3. The molecule has 3 aromatic rings. The van der Waals surface area contributed by atoms with Gasteiger partial charge in [0.25, 0.3) is 5.91 Å². The largest absolute Gasteiger partial charge is 0.503 e. The van der Waals surface area contributed by atoms with E-state index in [0.29, 0.717) is 21.8 Å². The number of carbonyl (C=O) groups is 3. The number of ketones is 1. The summed E-state index contributed by atoms with van der Waals surface area (Å²) in [4.78, 5) is 45.4. The van der Waals surface area contributed by atoms with E-state index in [4.69, 9.17) is 4.74 Å². The van der Waals surface area contributed by atoms with Crippen molar-refractivity contribution in [3.63, 3.8) is 0 Å². The number of benzene rings is 2. The molecule has 8 heteroatoms. The Morgan fingerprint density at radius 2 is 1.85 bits per heavy atom. The second kappa shape index (κ2) is 9.23. The van der Waals surface area contributed by atoms with Crippen molar-refractivity contribution in [2.75, 3.05) is 11.5 Å². The molecule has 2 heterocycles. The summed E-state index contributed by atoms with van der Waals surface area (Å²) in [5.41, 5.74) is 2.78. The molecule has 1 aromatic heterocycles. The maximum absolute atomic E-state index is 13.6. The zero-order chi connectivity index (χ0) is 24.6. The predicted octanol–water partition coefficient (Wildman–Crippen LogP) is 5.03. The van der Waals surface area contributed by atoms with Gasteiger partial charge in [-0.3, -0.25) is 14.5 Å². The number of aliphatic hydroxyl groups is 1. The average Bonchev–Trinajstić information content (AvgIpc) is 3.29. The van der Waals surface area contributed by atoms with Crippen LogP contribution < -0.4 is 4.90 Å². The Balaban J connectivity index is 1.87. The van der Waals surface area contributed by atoms with Crippen LogP contribution in [0.3, 0.4) is 0 Å². The molecule has 1 atom stereocenters. The van der Waals surface area contributed by atoms with E-state index < -0.39 is 29.5 Å². The molecule has 0 saturated heterocycles. The van der Waals surface area contributed by atoms with Crippen molar-refractivity contribution in [1.82, 2.24) is 4.98 Å². The van der Waals surface area contributed by atoms with Crippen LogP contribution in [0.2, 0.25) is 0 Å². The lowest BCUT2D eigenvalue weighted by Gasteiger charge is -2.27. The molecule has 34 heavy (non-hydrogen) atoms. The number of nitrogens with zero attached hydrogens (tertiary/aromatic N) is 2. The highest BCUT2D eigenvalue weighted by atomic mass is 32.1. The van der Waals surface area contributed by atoms with Gasteiger partial charge >= 0.3 is 5.97 Å². The molecule has 174 valence electrons. The molecule has 0 bridgehead atoms. The summed E-state index contributed by atoms with van der Waals surface area (Å²) in [6.07, 6.45) is 0. The number of aliphatic hydroxyl groups excluding tert-OH is 1. The van der Waals surface area contributed by atoms with E-state index in [1.54, 1.807) is 39.0 Å². The number of Topliss-reactive ketones (excluding diaryl/α,β-unsaturated/α-hetero) is 1. The van der Waals surface area contributed by atoms with E-state index in [1.165, 1.54) is 22.3 Å². The van der Waals surface area contributed by atoms with Crippen LogP contribution in [0.25, 0.3) is 0 Å². The van der Waals surface area contributed by atoms with Gasteiger partial charge in [-0.05, 0) is 51.5 Å². The van der Waals surface area contributed by atoms with E-state index >= 15 is 0 Å². The second-order valence-corrected chi connectivity index (χ2v) is 9.20. The highest BCUT2D eigenvalue weighted by molar-refractivity contribution is 7.14. The zero-order valence-corrected chi connectivity index (χ0v) is 20.1. The number of ether oxygens (including phenoxy) is 1. The van der Waals surface area contributed by atoms with Gasteiger partial charge in [0.2, 0.25) is 5.78 Å². The van der Waals surface area contributed by atoms with Crippen molar-refractivity contribution in [3.05, 3.63) is 92.1 Å². The standard InChI is InChI=1S/C26H24N2O5S/c1-5-33-26(32)18-10-7-11-19(13-18)28-21(17-9-6-8-14(2)12-17)20(23(30)25(28)31)22(29)24-15(3)27-16(4)34-24/h6-13,21,30H,5H2,1-4H3. The van der Waals surface area contributed by atoms with Gasteiger partial charge in [0, 0.05) is 5.69 Å². The SMILES string of the molecule is CCOC(=O)c1cccc(N2C(=O)C(O)=C(C(=O)c3sc(C)nc3C)C2c2cccc(C)c2)c1. The smallest absolute Gasteiger partial charge is 0.338 e. The fraction of sp³-hybridized carbons (Fsp3) is 0.231. The first kappa shape index (κ1) is 23.4. The van der Waals surface area contributed by atoms with Gasteiger partial charge in [0.05, 0.1) is 39.4 Å². The number of hydrogen-bond acceptors (Lipinski definition) is 7. The summed E-state index contributed by atoms with van der Waals surface area (Å²) >= 11 is 1.22. The quantitative estimate of drug-likeness (QED) is 0.396. The monoisotopic (exact) mass is 476 g/mol. The van der Waals surface area contributed by atoms with E-state index in [2.05, 4.69) is 4.98 Å². The molecule has 1 aliphatic heterocycles. The Bertz CT molecular complexity index is 1340. The molecule has 0 radical (unpaired) electrons. The highest BCUT2D eigenvalue weighted by Gasteiger charge is 2.45. The molecular weight excluding hydrogens is 452 g/mol. The number of rotatable bonds is 6. The molecule has 2 aromatic carbocycles. The topological polar surface area (TPSA) is 96.8 Å². The molecule has 4 rings (SSSR count). The Labute approximate surface area is 201 Å². The van der Waals surface area contributed by atoms with Crippen molar-refractivity contribution in [3.8, 4) is 0 Å². The molecule has 0 aliphatic carbocycles. The summed E-state index contributed by atoms with van der Waals surface area (Å²) in [6.45, 7) is 7.36. The van der Waals surface area contributed by atoms with Crippen LogP contribution in [0.15, 0.2) is 59.9 Å². The van der Waals surface area contributed by atoms with Gasteiger partial charge in [-0.25, -0.2) is 9.78 Å². The number of aryl methyl sites for hydroxylation is 3. The lowest BCUT2D eigenvalue weighted by atomic mass is 9.94. The maximum Gasteiger partial charge on any atom is 0.338 e. The van der Waals surface area contributed by atoms with Gasteiger partial charge in [-0.1, -0.05) is 35.9 Å². The molecule has 0 saturated carbocycles. The third-order valence-corrected chi connectivity index (χ3v) is 6.63. The average molecular weight is 477 g/mol. The number of carbonyl (C=O) groups excluding carboxylic acids is 3. The minimum absolute atomic E-state index is 0.0103. The summed E-state index contributed by atoms with van der Waals surface area (Å²) < 4.78 is 5.09. The number of hydrogen-bond donors (Lipinski definition) is 1. The third kappa shape index (κ3) is 4.12. The fourth-order valence-corrected chi connectivity index (χ4v) is 4.99. The van der Waals surface area contributed by atoms with Crippen LogP contribution in [0.4, 0.5) is 5.69 Å². The van der Waals surface area contributed by atoms with Gasteiger partial charge in [-0.2, -0.15) is 0 Å². The van der Waals surface area contributed by atoms with Crippen LogP contribution in [0.1, 0.15) is 54.8 Å². The molecule has 1 unspecified atom stereocenters. The molecule has 1 amide bonds. The van der Waals surface area contributed by atoms with E-state index in [1.807, 2.05) is 31.2 Å². The molecular formula is C26H24N2O5S.